The van der Waals surface area contributed by atoms with Crippen LogP contribution in [0.1, 0.15) is 47.0 Å². The van der Waals surface area contributed by atoms with E-state index < -0.39 is 0 Å². The lowest BCUT2D eigenvalue weighted by atomic mass is 9.75. The van der Waals surface area contributed by atoms with Crippen LogP contribution in [0.25, 0.3) is 0 Å². The molecule has 0 aromatic rings. The molecule has 2 aliphatic rings. The van der Waals surface area contributed by atoms with Crippen molar-refractivity contribution in [1.29, 1.82) is 0 Å². The average molecular weight is 241 g/mol. The summed E-state index contributed by atoms with van der Waals surface area (Å²) < 4.78 is 0.121. The van der Waals surface area contributed by atoms with E-state index in [1.807, 2.05) is 26.0 Å². The lowest BCUT2D eigenvalue weighted by molar-refractivity contribution is -0.131. The van der Waals surface area contributed by atoms with E-state index in [0.29, 0.717) is 22.6 Å². The predicted octanol–water partition coefficient (Wildman–Crippen LogP) is 3.35. The minimum atomic E-state index is 0.121. The Kier molecular flexibility index (Phi) is 5.10. The summed E-state index contributed by atoms with van der Waals surface area (Å²) in [5, 5.41) is 0. The van der Waals surface area contributed by atoms with Crippen LogP contribution < -0.4 is 0 Å². The van der Waals surface area contributed by atoms with Crippen molar-refractivity contribution in [3.63, 3.8) is 0 Å². The molecule has 0 amide bonds. The van der Waals surface area contributed by atoms with Gasteiger partial charge in [-0.15, -0.1) is 0 Å². The fourth-order valence-electron chi connectivity index (χ4n) is 2.53. The smallest absolute Gasteiger partial charge is 0.190 e. The van der Waals surface area contributed by atoms with Gasteiger partial charge in [0.15, 0.2) is 10.5 Å². The number of rotatable bonds is 1. The van der Waals surface area contributed by atoms with Crippen LogP contribution in [-0.2, 0) is 15.7 Å². The number of carbonyl (C=O) groups is 1. The van der Waals surface area contributed by atoms with E-state index in [-0.39, 0.29) is 4.75 Å². The molecule has 0 spiro atoms. The zero-order valence-electron chi connectivity index (χ0n) is 11.1. The van der Waals surface area contributed by atoms with E-state index in [0.717, 1.165) is 6.42 Å². The van der Waals surface area contributed by atoms with Crippen LogP contribution in [0, 0.1) is 5.92 Å². The molecule has 2 fully saturated rings. The Morgan fingerprint density at radius 3 is 2.06 bits per heavy atom. The van der Waals surface area contributed by atoms with Crippen LogP contribution >= 0.6 is 0 Å². The highest BCUT2D eigenvalue weighted by Crippen LogP contribution is 2.43. The van der Waals surface area contributed by atoms with E-state index in [1.165, 1.54) is 24.3 Å². The molecule has 2 rings (SSSR count). The van der Waals surface area contributed by atoms with Crippen molar-refractivity contribution in [3.8, 4) is 0 Å². The first kappa shape index (κ1) is 13.8. The van der Waals surface area contributed by atoms with Gasteiger partial charge in [0.25, 0.3) is 0 Å². The van der Waals surface area contributed by atoms with Crippen LogP contribution in [0.4, 0.5) is 0 Å². The van der Waals surface area contributed by atoms with E-state index in [2.05, 4.69) is 13.8 Å². The van der Waals surface area contributed by atoms with E-state index in [1.54, 1.807) is 0 Å². The highest BCUT2D eigenvalue weighted by molar-refractivity contribution is 7.99. The number of hydrogen-bond donors (Lipinski definition) is 0. The normalized spacial score (nSPS) is 34.8. The first-order chi connectivity index (χ1) is 7.56. The van der Waals surface area contributed by atoms with Crippen molar-refractivity contribution >= 4 is 16.7 Å². The molecule has 1 saturated carbocycles. The van der Waals surface area contributed by atoms with E-state index in [4.69, 9.17) is 0 Å². The summed E-state index contributed by atoms with van der Waals surface area (Å²) in [5.74, 6) is 3.57. The fourth-order valence-corrected chi connectivity index (χ4v) is 5.71. The topological polar surface area (TPSA) is 17.1 Å². The predicted molar refractivity (Wildman–Crippen MR) is 74.0 cm³/mol. The maximum atomic E-state index is 11.7. The van der Waals surface area contributed by atoms with E-state index in [9.17, 15) is 4.79 Å². The molecule has 0 aromatic carbocycles. The third-order valence-corrected chi connectivity index (χ3v) is 6.87. The molecule has 2 unspecified atom stereocenters. The summed E-state index contributed by atoms with van der Waals surface area (Å²) in [4.78, 5) is 11.7. The molecule has 0 aromatic heterocycles. The number of Topliss-reactive ketones (excluding diaryl/α,β-unsaturated/α-hetero) is 1. The molecular formula is C14H25OS+. The van der Waals surface area contributed by atoms with Gasteiger partial charge in [0.1, 0.15) is 11.5 Å². The molecule has 0 radical (unpaired) electrons. The van der Waals surface area contributed by atoms with Gasteiger partial charge < -0.3 is 0 Å². The Labute approximate surface area is 103 Å². The largest absolute Gasteiger partial charge is 0.293 e. The molecule has 0 bridgehead atoms. The standard InChI is InChI=1S/C10H17OS.C4H8/c1-8-7-10(2,9(8)11)12-5-3-4-6-12;1-3-4-2/h8H,3-7H2,1-2H3;3-4H,1-2H3/q+1;/b;4-3-. The summed E-state index contributed by atoms with van der Waals surface area (Å²) in [7, 11) is 0.449. The second kappa shape index (κ2) is 5.90. The Morgan fingerprint density at radius 1 is 1.25 bits per heavy atom. The molecule has 1 heterocycles. The molecule has 1 aliphatic carbocycles. The Hall–Kier alpha value is -0.240. The van der Waals surface area contributed by atoms with Crippen LogP contribution in [0.2, 0.25) is 0 Å². The van der Waals surface area contributed by atoms with Gasteiger partial charge in [-0.1, -0.05) is 19.1 Å². The average Bonchev–Trinajstić information content (AvgIpc) is 2.82. The lowest BCUT2D eigenvalue weighted by Gasteiger charge is -2.38. The third kappa shape index (κ3) is 2.71. The maximum absolute atomic E-state index is 11.7. The summed E-state index contributed by atoms with van der Waals surface area (Å²) in [6.45, 7) is 8.27. The van der Waals surface area contributed by atoms with Gasteiger partial charge in [-0.2, -0.15) is 0 Å². The molecule has 92 valence electrons. The molecule has 1 nitrogen and oxygen atoms in total. The lowest BCUT2D eigenvalue weighted by Crippen LogP contribution is -2.57. The van der Waals surface area contributed by atoms with Crippen molar-refractivity contribution in [2.24, 2.45) is 5.92 Å². The summed E-state index contributed by atoms with van der Waals surface area (Å²) >= 11 is 0. The zero-order chi connectivity index (χ0) is 12.2. The molecule has 2 heteroatoms. The minimum Gasteiger partial charge on any atom is -0.293 e. The second-order valence-electron chi connectivity index (χ2n) is 4.98. The number of allylic oxidation sites excluding steroid dienone is 2. The van der Waals surface area contributed by atoms with Crippen molar-refractivity contribution < 1.29 is 4.79 Å². The first-order valence-corrected chi connectivity index (χ1v) is 7.91. The highest BCUT2D eigenvalue weighted by Gasteiger charge is 2.60. The number of hydrogen-bond acceptors (Lipinski definition) is 1. The zero-order valence-corrected chi connectivity index (χ0v) is 11.9. The molecule has 1 saturated heterocycles. The van der Waals surface area contributed by atoms with Gasteiger partial charge in [-0.05, 0) is 33.6 Å². The summed E-state index contributed by atoms with van der Waals surface area (Å²) in [5.41, 5.74) is 0. The van der Waals surface area contributed by atoms with Crippen molar-refractivity contribution in [3.05, 3.63) is 12.2 Å². The Bertz CT molecular complexity index is 262. The molecular weight excluding hydrogens is 216 g/mol. The quantitative estimate of drug-likeness (QED) is 0.508. The summed E-state index contributed by atoms with van der Waals surface area (Å²) in [6.07, 6.45) is 7.88. The van der Waals surface area contributed by atoms with Crippen LogP contribution in [-0.4, -0.2) is 22.0 Å². The number of ketones is 1. The van der Waals surface area contributed by atoms with Gasteiger partial charge in [-0.25, -0.2) is 0 Å². The Balaban J connectivity index is 0.000000280. The molecule has 0 N–H and O–H groups in total. The van der Waals surface area contributed by atoms with Gasteiger partial charge in [-0.3, -0.25) is 4.79 Å². The first-order valence-electron chi connectivity index (χ1n) is 6.35. The monoisotopic (exact) mass is 241 g/mol. The van der Waals surface area contributed by atoms with Crippen LogP contribution in [0.5, 0.6) is 0 Å². The third-order valence-electron chi connectivity index (χ3n) is 3.67. The van der Waals surface area contributed by atoms with Crippen LogP contribution in [0.3, 0.4) is 0 Å². The van der Waals surface area contributed by atoms with Crippen LogP contribution in [0.15, 0.2) is 12.2 Å². The van der Waals surface area contributed by atoms with Crippen molar-refractivity contribution in [2.45, 2.75) is 51.7 Å². The van der Waals surface area contributed by atoms with Crippen molar-refractivity contribution in [1.82, 2.24) is 0 Å². The molecule has 2 atom stereocenters. The van der Waals surface area contributed by atoms with Gasteiger partial charge >= 0.3 is 0 Å². The van der Waals surface area contributed by atoms with Gasteiger partial charge in [0, 0.05) is 23.2 Å². The highest BCUT2D eigenvalue weighted by atomic mass is 32.2. The Morgan fingerprint density at radius 2 is 1.75 bits per heavy atom. The second-order valence-corrected chi connectivity index (χ2v) is 7.68. The van der Waals surface area contributed by atoms with E-state index >= 15 is 0 Å². The minimum absolute atomic E-state index is 0.121. The maximum Gasteiger partial charge on any atom is 0.190 e. The van der Waals surface area contributed by atoms with Crippen molar-refractivity contribution in [2.75, 3.05) is 11.5 Å². The summed E-state index contributed by atoms with van der Waals surface area (Å²) in [6, 6.07) is 0. The van der Waals surface area contributed by atoms with Gasteiger partial charge in [0.2, 0.25) is 0 Å². The SMILES string of the molecule is C/C=C\C.CC1CC(C)([S+]2CCCC2)C1=O. The fraction of sp³-hybridized carbons (Fsp3) is 0.786. The molecule has 1 aliphatic heterocycles. The molecule has 16 heavy (non-hydrogen) atoms. The van der Waals surface area contributed by atoms with Gasteiger partial charge in [0.05, 0.1) is 0 Å². The number of carbonyl (C=O) groups excluding carboxylic acids is 1.